The van der Waals surface area contributed by atoms with Gasteiger partial charge >= 0.3 is 0 Å². The molecule has 0 spiro atoms. The molecule has 0 aliphatic carbocycles. The highest BCUT2D eigenvalue weighted by molar-refractivity contribution is 5.99. The zero-order chi connectivity index (χ0) is 19.8. The van der Waals surface area contributed by atoms with Crippen molar-refractivity contribution in [2.75, 3.05) is 6.54 Å². The third-order valence-corrected chi connectivity index (χ3v) is 5.76. The van der Waals surface area contributed by atoms with E-state index in [4.69, 9.17) is 0 Å². The molecule has 3 heterocycles. The zero-order valence-electron chi connectivity index (χ0n) is 15.7. The molecule has 0 saturated carbocycles. The first-order chi connectivity index (χ1) is 13.5. The molecular formula is C21H23N3O4. The minimum Gasteiger partial charge on any atom is -0.503 e. The molecule has 7 heteroatoms. The first kappa shape index (κ1) is 18.3. The molecule has 2 aromatic rings. The number of pyridine rings is 1. The molecule has 0 radical (unpaired) electrons. The summed E-state index contributed by atoms with van der Waals surface area (Å²) < 4.78 is 1.57. The van der Waals surface area contributed by atoms with E-state index in [-0.39, 0.29) is 29.8 Å². The zero-order valence-corrected chi connectivity index (χ0v) is 15.7. The Morgan fingerprint density at radius 1 is 1.25 bits per heavy atom. The van der Waals surface area contributed by atoms with Crippen molar-refractivity contribution < 1.29 is 14.7 Å². The normalized spacial score (nSPS) is 21.0. The topological polar surface area (TPSA) is 91.6 Å². The number of hydrogen-bond acceptors (Lipinski definition) is 4. The second-order valence-electron chi connectivity index (χ2n) is 7.58. The molecule has 4 rings (SSSR count). The standard InChI is InChI=1S/C21H23N3O4/c1-13-6-5-9-24-16(13)12-23-11-15(18(25)19(26)17(23)21(24)28)20(27)22-10-14-7-3-2-4-8-14/h2-4,7-8,11,13,16,26H,5-6,9-10,12H2,1H3,(H,22,27)/t13-,16-/m0/s1. The molecule has 1 saturated heterocycles. The molecule has 1 aromatic heterocycles. The van der Waals surface area contributed by atoms with Crippen LogP contribution in [0.25, 0.3) is 0 Å². The Kier molecular flexibility index (Phi) is 4.66. The fourth-order valence-electron chi connectivity index (χ4n) is 4.17. The number of aromatic hydroxyl groups is 1. The third-order valence-electron chi connectivity index (χ3n) is 5.76. The molecule has 2 aliphatic rings. The van der Waals surface area contributed by atoms with Gasteiger partial charge < -0.3 is 19.9 Å². The maximum Gasteiger partial charge on any atom is 0.274 e. The van der Waals surface area contributed by atoms with Gasteiger partial charge in [-0.1, -0.05) is 37.3 Å². The van der Waals surface area contributed by atoms with Crippen LogP contribution in [0.2, 0.25) is 0 Å². The fourth-order valence-corrected chi connectivity index (χ4v) is 4.17. The molecular weight excluding hydrogens is 358 g/mol. The fraction of sp³-hybridized carbons (Fsp3) is 0.381. The van der Waals surface area contributed by atoms with Crippen LogP contribution in [0.4, 0.5) is 0 Å². The molecule has 2 aliphatic heterocycles. The quantitative estimate of drug-likeness (QED) is 0.847. The van der Waals surface area contributed by atoms with E-state index in [0.29, 0.717) is 19.0 Å². The lowest BCUT2D eigenvalue weighted by atomic mass is 9.88. The van der Waals surface area contributed by atoms with E-state index < -0.39 is 17.1 Å². The summed E-state index contributed by atoms with van der Waals surface area (Å²) in [5.41, 5.74) is -0.0782. The van der Waals surface area contributed by atoms with Crippen LogP contribution in [-0.2, 0) is 13.1 Å². The van der Waals surface area contributed by atoms with Crippen molar-refractivity contribution in [1.29, 1.82) is 0 Å². The SMILES string of the molecule is C[C@H]1CCCN2C(=O)c3c(O)c(=O)c(C(=O)NCc4ccccc4)cn3C[C@@H]12. The Balaban J connectivity index is 1.65. The highest BCUT2D eigenvalue weighted by Gasteiger charge is 2.40. The summed E-state index contributed by atoms with van der Waals surface area (Å²) >= 11 is 0. The number of rotatable bonds is 3. The summed E-state index contributed by atoms with van der Waals surface area (Å²) in [6.45, 7) is 3.47. The summed E-state index contributed by atoms with van der Waals surface area (Å²) in [4.78, 5) is 39.8. The molecule has 28 heavy (non-hydrogen) atoms. The number of amides is 2. The summed E-state index contributed by atoms with van der Waals surface area (Å²) in [5.74, 6) is -1.23. The number of nitrogens with zero attached hydrogens (tertiary/aromatic N) is 2. The van der Waals surface area contributed by atoms with E-state index in [0.717, 1.165) is 18.4 Å². The van der Waals surface area contributed by atoms with E-state index in [1.54, 1.807) is 9.47 Å². The van der Waals surface area contributed by atoms with E-state index in [1.807, 2.05) is 30.3 Å². The van der Waals surface area contributed by atoms with Crippen molar-refractivity contribution in [2.45, 2.75) is 38.9 Å². The van der Waals surface area contributed by atoms with Crippen LogP contribution < -0.4 is 10.7 Å². The third kappa shape index (κ3) is 3.06. The maximum absolute atomic E-state index is 12.9. The molecule has 146 valence electrons. The highest BCUT2D eigenvalue weighted by Crippen LogP contribution is 2.31. The summed E-state index contributed by atoms with van der Waals surface area (Å²) in [7, 11) is 0. The van der Waals surface area contributed by atoms with E-state index in [9.17, 15) is 19.5 Å². The predicted molar refractivity (Wildman–Crippen MR) is 103 cm³/mol. The van der Waals surface area contributed by atoms with E-state index in [1.165, 1.54) is 6.20 Å². The maximum atomic E-state index is 12.9. The summed E-state index contributed by atoms with van der Waals surface area (Å²) in [6, 6.07) is 9.36. The van der Waals surface area contributed by atoms with Gasteiger partial charge in [0, 0.05) is 25.8 Å². The predicted octanol–water partition coefficient (Wildman–Crippen LogP) is 1.74. The Morgan fingerprint density at radius 3 is 2.75 bits per heavy atom. The van der Waals surface area contributed by atoms with Crippen molar-refractivity contribution in [1.82, 2.24) is 14.8 Å². The highest BCUT2D eigenvalue weighted by atomic mass is 16.3. The monoisotopic (exact) mass is 381 g/mol. The smallest absolute Gasteiger partial charge is 0.274 e. The second-order valence-corrected chi connectivity index (χ2v) is 7.58. The number of piperidine rings is 1. The van der Waals surface area contributed by atoms with Crippen LogP contribution in [-0.4, -0.2) is 39.0 Å². The van der Waals surface area contributed by atoms with Crippen LogP contribution in [0.3, 0.4) is 0 Å². The molecule has 1 aromatic carbocycles. The summed E-state index contributed by atoms with van der Waals surface area (Å²) in [6.07, 6.45) is 3.35. The van der Waals surface area contributed by atoms with E-state index >= 15 is 0 Å². The van der Waals surface area contributed by atoms with Crippen molar-refractivity contribution in [3.8, 4) is 5.75 Å². The number of fused-ring (bicyclic) bond motifs is 2. The van der Waals surface area contributed by atoms with Gasteiger partial charge in [-0.15, -0.1) is 0 Å². The van der Waals surface area contributed by atoms with Gasteiger partial charge in [-0.3, -0.25) is 14.4 Å². The molecule has 1 fully saturated rings. The van der Waals surface area contributed by atoms with E-state index in [2.05, 4.69) is 12.2 Å². The van der Waals surface area contributed by atoms with Gasteiger partial charge in [-0.05, 0) is 24.3 Å². The molecule has 2 N–H and O–H groups in total. The Labute approximate surface area is 162 Å². The lowest BCUT2D eigenvalue weighted by Gasteiger charge is -2.44. The Hall–Kier alpha value is -3.09. The van der Waals surface area contributed by atoms with Gasteiger partial charge in [0.2, 0.25) is 5.43 Å². The minimum atomic E-state index is -0.811. The molecule has 7 nitrogen and oxygen atoms in total. The van der Waals surface area contributed by atoms with Crippen molar-refractivity contribution in [3.05, 3.63) is 63.6 Å². The van der Waals surface area contributed by atoms with Crippen LogP contribution in [0, 0.1) is 5.92 Å². The second kappa shape index (κ2) is 7.14. The largest absolute Gasteiger partial charge is 0.503 e. The molecule has 0 unspecified atom stereocenters. The molecule has 2 amide bonds. The van der Waals surface area contributed by atoms with Crippen molar-refractivity contribution >= 4 is 11.8 Å². The van der Waals surface area contributed by atoms with Gasteiger partial charge in [0.05, 0.1) is 6.04 Å². The molecule has 2 atom stereocenters. The van der Waals surface area contributed by atoms with Gasteiger partial charge in [0.15, 0.2) is 11.4 Å². The first-order valence-corrected chi connectivity index (χ1v) is 9.57. The lowest BCUT2D eigenvalue weighted by molar-refractivity contribution is 0.0383. The van der Waals surface area contributed by atoms with Gasteiger partial charge in [-0.2, -0.15) is 0 Å². The van der Waals surface area contributed by atoms with Crippen molar-refractivity contribution in [3.63, 3.8) is 0 Å². The van der Waals surface area contributed by atoms with Crippen LogP contribution in [0.5, 0.6) is 5.75 Å². The minimum absolute atomic E-state index is 0.0101. The van der Waals surface area contributed by atoms with Crippen molar-refractivity contribution in [2.24, 2.45) is 5.92 Å². The van der Waals surface area contributed by atoms with Gasteiger partial charge in [0.25, 0.3) is 11.8 Å². The van der Waals surface area contributed by atoms with Crippen LogP contribution >= 0.6 is 0 Å². The first-order valence-electron chi connectivity index (χ1n) is 9.57. The summed E-state index contributed by atoms with van der Waals surface area (Å²) in [5, 5.41) is 13.1. The number of hydrogen-bond donors (Lipinski definition) is 2. The number of carbonyl (C=O) groups excluding carboxylic acids is 2. The Morgan fingerprint density at radius 2 is 2.00 bits per heavy atom. The number of nitrogens with one attached hydrogen (secondary N) is 1. The number of aromatic nitrogens is 1. The van der Waals surface area contributed by atoms with Crippen LogP contribution in [0.1, 0.15) is 46.2 Å². The molecule has 0 bridgehead atoms. The van der Waals surface area contributed by atoms with Crippen LogP contribution in [0.15, 0.2) is 41.3 Å². The number of benzene rings is 1. The average molecular weight is 381 g/mol. The number of carbonyl (C=O) groups is 2. The lowest BCUT2D eigenvalue weighted by Crippen LogP contribution is -2.54. The van der Waals surface area contributed by atoms with Gasteiger partial charge in [0.1, 0.15) is 5.56 Å². The average Bonchev–Trinajstić information content (AvgIpc) is 2.70. The Bertz CT molecular complexity index is 983. The van der Waals surface area contributed by atoms with Gasteiger partial charge in [-0.25, -0.2) is 0 Å².